The number of nitrogens with zero attached hydrogens (tertiary/aromatic N) is 1. The van der Waals surface area contributed by atoms with Gasteiger partial charge in [-0.1, -0.05) is 11.6 Å². The summed E-state index contributed by atoms with van der Waals surface area (Å²) in [5, 5.41) is 12.6. The standard InChI is InChI=1S/C17H12ClN3O4/c18-12-5-10-7-13(17(24)25)16(23)21-14(10)11(6-12)8-20-15(22)9-1-3-19-4-2-9/h1-7H,8H2,(H,20,22)(H,21,23)(H,24,25). The molecule has 0 aliphatic rings. The number of carboxylic acid groups (broad SMARTS) is 1. The van der Waals surface area contributed by atoms with Crippen LogP contribution in [0.5, 0.6) is 0 Å². The Morgan fingerprint density at radius 3 is 2.60 bits per heavy atom. The van der Waals surface area contributed by atoms with Crippen molar-refractivity contribution in [3.63, 3.8) is 0 Å². The van der Waals surface area contributed by atoms with Gasteiger partial charge in [-0.05, 0) is 35.9 Å². The third-order valence-electron chi connectivity index (χ3n) is 3.61. The van der Waals surface area contributed by atoms with Crippen molar-refractivity contribution in [2.45, 2.75) is 6.54 Å². The molecule has 0 saturated carbocycles. The summed E-state index contributed by atoms with van der Waals surface area (Å²) in [7, 11) is 0. The molecule has 0 aliphatic carbocycles. The molecule has 2 aromatic heterocycles. The monoisotopic (exact) mass is 357 g/mol. The molecular weight excluding hydrogens is 346 g/mol. The molecule has 2 heterocycles. The van der Waals surface area contributed by atoms with Crippen LogP contribution in [0, 0.1) is 0 Å². The summed E-state index contributed by atoms with van der Waals surface area (Å²) in [6.45, 7) is 0.112. The molecule has 0 radical (unpaired) electrons. The van der Waals surface area contributed by atoms with Gasteiger partial charge in [0, 0.05) is 34.9 Å². The van der Waals surface area contributed by atoms with E-state index in [4.69, 9.17) is 16.7 Å². The zero-order valence-corrected chi connectivity index (χ0v) is 13.5. The number of nitrogens with one attached hydrogen (secondary N) is 2. The molecule has 0 bridgehead atoms. The quantitative estimate of drug-likeness (QED) is 0.662. The molecule has 3 aromatic rings. The van der Waals surface area contributed by atoms with Gasteiger partial charge in [-0.3, -0.25) is 14.6 Å². The van der Waals surface area contributed by atoms with Gasteiger partial charge in [0.05, 0.1) is 5.52 Å². The van der Waals surface area contributed by atoms with Gasteiger partial charge in [0.25, 0.3) is 11.5 Å². The minimum absolute atomic E-state index is 0.112. The predicted octanol–water partition coefficient (Wildman–Crippen LogP) is 2.20. The van der Waals surface area contributed by atoms with Crippen LogP contribution in [0.3, 0.4) is 0 Å². The van der Waals surface area contributed by atoms with E-state index in [1.165, 1.54) is 18.5 Å². The average Bonchev–Trinajstić information content (AvgIpc) is 2.59. The topological polar surface area (TPSA) is 112 Å². The lowest BCUT2D eigenvalue weighted by Gasteiger charge is -2.10. The highest BCUT2D eigenvalue weighted by Crippen LogP contribution is 2.22. The highest BCUT2D eigenvalue weighted by Gasteiger charge is 2.13. The van der Waals surface area contributed by atoms with Gasteiger partial charge in [0.2, 0.25) is 0 Å². The van der Waals surface area contributed by atoms with E-state index in [0.717, 1.165) is 0 Å². The Morgan fingerprint density at radius 2 is 1.92 bits per heavy atom. The number of carbonyl (C=O) groups is 2. The SMILES string of the molecule is O=C(NCc1cc(Cl)cc2cc(C(=O)O)c(=O)[nH]c12)c1ccncc1. The molecule has 3 rings (SSSR count). The Kier molecular flexibility index (Phi) is 4.49. The molecular formula is C17H12ClN3O4. The minimum atomic E-state index is -1.32. The summed E-state index contributed by atoms with van der Waals surface area (Å²) in [4.78, 5) is 41.5. The molecule has 0 spiro atoms. The largest absolute Gasteiger partial charge is 0.477 e. The maximum atomic E-state index is 12.1. The number of amides is 1. The van der Waals surface area contributed by atoms with E-state index in [1.54, 1.807) is 24.3 Å². The van der Waals surface area contributed by atoms with Crippen molar-refractivity contribution in [2.75, 3.05) is 0 Å². The summed E-state index contributed by atoms with van der Waals surface area (Å²) in [6, 6.07) is 7.57. The Labute approximate surface area is 146 Å². The lowest BCUT2D eigenvalue weighted by atomic mass is 10.1. The molecule has 8 heteroatoms. The van der Waals surface area contributed by atoms with E-state index >= 15 is 0 Å². The Bertz CT molecular complexity index is 1030. The van der Waals surface area contributed by atoms with Gasteiger partial charge in [-0.15, -0.1) is 0 Å². The van der Waals surface area contributed by atoms with Crippen LogP contribution < -0.4 is 10.9 Å². The van der Waals surface area contributed by atoms with Crippen LogP contribution in [-0.2, 0) is 6.54 Å². The number of carbonyl (C=O) groups excluding carboxylic acids is 1. The minimum Gasteiger partial charge on any atom is -0.477 e. The first-order chi connectivity index (χ1) is 12.0. The number of carboxylic acids is 1. The van der Waals surface area contributed by atoms with Crippen LogP contribution in [0.4, 0.5) is 0 Å². The zero-order valence-electron chi connectivity index (χ0n) is 12.7. The number of hydrogen-bond donors (Lipinski definition) is 3. The number of aromatic nitrogens is 2. The highest BCUT2D eigenvalue weighted by molar-refractivity contribution is 6.31. The lowest BCUT2D eigenvalue weighted by molar-refractivity contribution is 0.0695. The molecule has 0 saturated heterocycles. The van der Waals surface area contributed by atoms with Gasteiger partial charge in [-0.2, -0.15) is 0 Å². The maximum absolute atomic E-state index is 12.1. The summed E-state index contributed by atoms with van der Waals surface area (Å²) >= 11 is 6.07. The highest BCUT2D eigenvalue weighted by atomic mass is 35.5. The number of hydrogen-bond acceptors (Lipinski definition) is 4. The van der Waals surface area contributed by atoms with E-state index < -0.39 is 11.5 Å². The smallest absolute Gasteiger partial charge is 0.341 e. The molecule has 126 valence electrons. The van der Waals surface area contributed by atoms with Gasteiger partial charge in [-0.25, -0.2) is 4.79 Å². The predicted molar refractivity (Wildman–Crippen MR) is 91.9 cm³/mol. The molecule has 1 aromatic carbocycles. The third-order valence-corrected chi connectivity index (χ3v) is 3.83. The van der Waals surface area contributed by atoms with Crippen molar-refractivity contribution in [3.8, 4) is 0 Å². The summed E-state index contributed by atoms with van der Waals surface area (Å²) in [5.41, 5.74) is 0.349. The molecule has 0 fully saturated rings. The molecule has 1 amide bonds. The zero-order chi connectivity index (χ0) is 18.0. The van der Waals surface area contributed by atoms with Crippen LogP contribution >= 0.6 is 11.6 Å². The van der Waals surface area contributed by atoms with Crippen molar-refractivity contribution in [1.82, 2.24) is 15.3 Å². The van der Waals surface area contributed by atoms with E-state index in [-0.39, 0.29) is 18.0 Å². The molecule has 0 unspecified atom stereocenters. The number of fused-ring (bicyclic) bond motifs is 1. The van der Waals surface area contributed by atoms with Crippen molar-refractivity contribution in [1.29, 1.82) is 0 Å². The number of halogens is 1. The van der Waals surface area contributed by atoms with Gasteiger partial charge in [0.1, 0.15) is 5.56 Å². The fourth-order valence-electron chi connectivity index (χ4n) is 2.43. The van der Waals surface area contributed by atoms with E-state index in [0.29, 0.717) is 27.1 Å². The van der Waals surface area contributed by atoms with Crippen molar-refractivity contribution < 1.29 is 14.7 Å². The fraction of sp³-hybridized carbons (Fsp3) is 0.0588. The van der Waals surface area contributed by atoms with Crippen molar-refractivity contribution in [2.24, 2.45) is 0 Å². The van der Waals surface area contributed by atoms with Crippen LogP contribution in [0.2, 0.25) is 5.02 Å². The van der Waals surface area contributed by atoms with Crippen LogP contribution in [0.25, 0.3) is 10.9 Å². The van der Waals surface area contributed by atoms with E-state index in [1.807, 2.05) is 0 Å². The van der Waals surface area contributed by atoms with Crippen LogP contribution in [0.15, 0.2) is 47.5 Å². The number of H-pyrrole nitrogens is 1. The van der Waals surface area contributed by atoms with E-state index in [2.05, 4.69) is 15.3 Å². The fourth-order valence-corrected chi connectivity index (χ4v) is 2.68. The van der Waals surface area contributed by atoms with Crippen LogP contribution in [0.1, 0.15) is 26.3 Å². The molecule has 25 heavy (non-hydrogen) atoms. The number of aromatic amines is 1. The third kappa shape index (κ3) is 3.51. The average molecular weight is 358 g/mol. The summed E-state index contributed by atoms with van der Waals surface area (Å²) < 4.78 is 0. The Morgan fingerprint density at radius 1 is 1.20 bits per heavy atom. The maximum Gasteiger partial charge on any atom is 0.341 e. The van der Waals surface area contributed by atoms with Gasteiger partial charge >= 0.3 is 5.97 Å². The van der Waals surface area contributed by atoms with Crippen molar-refractivity contribution in [3.05, 3.63) is 74.8 Å². The number of rotatable bonds is 4. The first kappa shape index (κ1) is 16.7. The lowest BCUT2D eigenvalue weighted by Crippen LogP contribution is -2.23. The van der Waals surface area contributed by atoms with E-state index in [9.17, 15) is 14.4 Å². The molecule has 0 aliphatic heterocycles. The Balaban J connectivity index is 1.96. The van der Waals surface area contributed by atoms with Gasteiger partial charge < -0.3 is 15.4 Å². The molecule has 7 nitrogen and oxygen atoms in total. The molecule has 0 atom stereocenters. The Hall–Kier alpha value is -3.19. The first-order valence-electron chi connectivity index (χ1n) is 7.22. The van der Waals surface area contributed by atoms with Crippen LogP contribution in [-0.4, -0.2) is 27.0 Å². The summed E-state index contributed by atoms with van der Waals surface area (Å²) in [5.74, 6) is -1.63. The normalized spacial score (nSPS) is 10.6. The second-order valence-electron chi connectivity index (χ2n) is 5.26. The summed E-state index contributed by atoms with van der Waals surface area (Å²) in [6.07, 6.45) is 3.02. The number of benzene rings is 1. The van der Waals surface area contributed by atoms with Gasteiger partial charge in [0.15, 0.2) is 0 Å². The molecule has 3 N–H and O–H groups in total. The second kappa shape index (κ2) is 6.74. The first-order valence-corrected chi connectivity index (χ1v) is 7.60. The van der Waals surface area contributed by atoms with Crippen molar-refractivity contribution >= 4 is 34.4 Å². The number of pyridine rings is 2. The second-order valence-corrected chi connectivity index (χ2v) is 5.70. The number of aromatic carboxylic acids is 1.